The van der Waals surface area contributed by atoms with E-state index in [9.17, 15) is 4.79 Å². The first-order valence-electron chi connectivity index (χ1n) is 8.43. The Labute approximate surface area is 158 Å². The molecule has 6 nitrogen and oxygen atoms in total. The number of nitrogens with one attached hydrogen (secondary N) is 1. The van der Waals surface area contributed by atoms with Gasteiger partial charge in [-0.2, -0.15) is 0 Å². The van der Waals surface area contributed by atoms with Gasteiger partial charge in [-0.25, -0.2) is 4.79 Å². The number of carbonyl (C=O) groups excluding carboxylic acids is 1. The van der Waals surface area contributed by atoms with Crippen molar-refractivity contribution >= 4 is 17.3 Å². The Morgan fingerprint density at radius 1 is 0.889 bits per heavy atom. The van der Waals surface area contributed by atoms with Crippen LogP contribution in [0.2, 0.25) is 0 Å². The van der Waals surface area contributed by atoms with Gasteiger partial charge in [0.1, 0.15) is 11.5 Å². The van der Waals surface area contributed by atoms with Crippen molar-refractivity contribution in [2.75, 3.05) is 26.6 Å². The molecule has 0 aliphatic carbocycles. The number of nitrogens with zero attached hydrogens (tertiary/aromatic N) is 1. The topological polar surface area (TPSA) is 61.7 Å². The molecular formula is C21H22N2O4. The number of methoxy groups -OCH3 is 3. The Bertz CT molecular complexity index is 928. The van der Waals surface area contributed by atoms with Crippen molar-refractivity contribution in [3.05, 3.63) is 66.0 Å². The molecule has 1 aromatic heterocycles. The lowest BCUT2D eigenvalue weighted by atomic mass is 10.2. The molecule has 0 bridgehead atoms. The summed E-state index contributed by atoms with van der Waals surface area (Å²) in [4.78, 5) is 12.5. The molecule has 0 aliphatic rings. The van der Waals surface area contributed by atoms with E-state index in [0.717, 1.165) is 28.4 Å². The van der Waals surface area contributed by atoms with Crippen molar-refractivity contribution in [3.8, 4) is 17.2 Å². The number of rotatable bonds is 6. The summed E-state index contributed by atoms with van der Waals surface area (Å²) in [6, 6.07) is 15.0. The highest BCUT2D eigenvalue weighted by Crippen LogP contribution is 2.31. The molecular weight excluding hydrogens is 344 g/mol. The monoisotopic (exact) mass is 366 g/mol. The van der Waals surface area contributed by atoms with Crippen LogP contribution in [0.15, 0.2) is 54.7 Å². The van der Waals surface area contributed by atoms with Crippen LogP contribution >= 0.6 is 0 Å². The van der Waals surface area contributed by atoms with Crippen LogP contribution in [0.5, 0.6) is 11.5 Å². The van der Waals surface area contributed by atoms with E-state index < -0.39 is 5.97 Å². The van der Waals surface area contributed by atoms with Gasteiger partial charge >= 0.3 is 5.97 Å². The van der Waals surface area contributed by atoms with Gasteiger partial charge in [-0.15, -0.1) is 0 Å². The fourth-order valence-corrected chi connectivity index (χ4v) is 2.85. The highest BCUT2D eigenvalue weighted by molar-refractivity contribution is 5.97. The molecule has 0 radical (unpaired) electrons. The summed E-state index contributed by atoms with van der Waals surface area (Å²) in [6.07, 6.45) is 1.90. The number of hydrogen-bond donors (Lipinski definition) is 1. The van der Waals surface area contributed by atoms with E-state index in [1.807, 2.05) is 66.2 Å². The summed E-state index contributed by atoms with van der Waals surface area (Å²) >= 11 is 0. The van der Waals surface area contributed by atoms with Crippen LogP contribution < -0.4 is 14.8 Å². The molecule has 1 N–H and O–H groups in total. The molecule has 3 rings (SSSR count). The van der Waals surface area contributed by atoms with Crippen molar-refractivity contribution in [2.24, 2.45) is 0 Å². The molecule has 0 unspecified atom stereocenters. The van der Waals surface area contributed by atoms with E-state index >= 15 is 0 Å². The van der Waals surface area contributed by atoms with Gasteiger partial charge in [0.05, 0.1) is 27.0 Å². The smallest absolute Gasteiger partial charge is 0.357 e. The minimum Gasteiger partial charge on any atom is -0.497 e. The van der Waals surface area contributed by atoms with Crippen LogP contribution in [0, 0.1) is 6.92 Å². The number of aromatic nitrogens is 1. The van der Waals surface area contributed by atoms with E-state index in [-0.39, 0.29) is 0 Å². The SMILES string of the molecule is COC(=O)c1c(Nc2ccc(OC)cc2)c(C)cn1-c1ccc(OC)cc1. The summed E-state index contributed by atoms with van der Waals surface area (Å²) < 4.78 is 17.2. The molecule has 0 fully saturated rings. The van der Waals surface area contributed by atoms with Crippen LogP contribution in [0.25, 0.3) is 5.69 Å². The van der Waals surface area contributed by atoms with Gasteiger partial charge in [0.15, 0.2) is 5.69 Å². The second-order valence-corrected chi connectivity index (χ2v) is 5.95. The molecule has 6 heteroatoms. The van der Waals surface area contributed by atoms with E-state index in [4.69, 9.17) is 14.2 Å². The molecule has 1 heterocycles. The number of benzene rings is 2. The lowest BCUT2D eigenvalue weighted by molar-refractivity contribution is 0.0593. The van der Waals surface area contributed by atoms with Crippen molar-refractivity contribution in [3.63, 3.8) is 0 Å². The average molecular weight is 366 g/mol. The van der Waals surface area contributed by atoms with Crippen molar-refractivity contribution in [2.45, 2.75) is 6.92 Å². The molecule has 27 heavy (non-hydrogen) atoms. The first-order chi connectivity index (χ1) is 13.1. The van der Waals surface area contributed by atoms with E-state index in [1.165, 1.54) is 7.11 Å². The minimum atomic E-state index is -0.421. The Morgan fingerprint density at radius 3 is 1.96 bits per heavy atom. The Balaban J connectivity index is 2.04. The van der Waals surface area contributed by atoms with Crippen LogP contribution in [0.1, 0.15) is 16.1 Å². The molecule has 0 aliphatic heterocycles. The maximum absolute atomic E-state index is 12.5. The lowest BCUT2D eigenvalue weighted by Gasteiger charge is -2.12. The molecule has 0 spiro atoms. The van der Waals surface area contributed by atoms with Crippen LogP contribution in [-0.4, -0.2) is 31.9 Å². The number of esters is 1. The highest BCUT2D eigenvalue weighted by Gasteiger charge is 2.22. The lowest BCUT2D eigenvalue weighted by Crippen LogP contribution is -2.11. The zero-order valence-electron chi connectivity index (χ0n) is 15.8. The number of carbonyl (C=O) groups is 1. The predicted octanol–water partition coefficient (Wildman–Crippen LogP) is 4.33. The zero-order chi connectivity index (χ0) is 19.4. The van der Waals surface area contributed by atoms with Gasteiger partial charge in [0.25, 0.3) is 0 Å². The quantitative estimate of drug-likeness (QED) is 0.658. The average Bonchev–Trinajstić information content (AvgIpc) is 3.04. The van der Waals surface area contributed by atoms with E-state index in [2.05, 4.69) is 5.32 Å². The van der Waals surface area contributed by atoms with Gasteiger partial charge in [-0.3, -0.25) is 0 Å². The first-order valence-corrected chi connectivity index (χ1v) is 8.43. The standard InChI is InChI=1S/C21H22N2O4/c1-14-13-23(16-7-11-18(26-3)12-8-16)20(21(24)27-4)19(14)22-15-5-9-17(25-2)10-6-15/h5-13,22H,1-4H3. The van der Waals surface area contributed by atoms with Crippen molar-refractivity contribution in [1.82, 2.24) is 4.57 Å². The number of ether oxygens (including phenoxy) is 3. The van der Waals surface area contributed by atoms with Gasteiger partial charge in [0.2, 0.25) is 0 Å². The summed E-state index contributed by atoms with van der Waals surface area (Å²) in [7, 11) is 4.61. The fraction of sp³-hybridized carbons (Fsp3) is 0.190. The zero-order valence-corrected chi connectivity index (χ0v) is 15.8. The summed E-state index contributed by atoms with van der Waals surface area (Å²) in [5, 5.41) is 3.32. The third kappa shape index (κ3) is 3.74. The minimum absolute atomic E-state index is 0.421. The van der Waals surface area contributed by atoms with Crippen molar-refractivity contribution in [1.29, 1.82) is 0 Å². The largest absolute Gasteiger partial charge is 0.497 e. The van der Waals surface area contributed by atoms with Crippen LogP contribution in [0.3, 0.4) is 0 Å². The molecule has 140 valence electrons. The third-order valence-corrected chi connectivity index (χ3v) is 4.28. The first kappa shape index (κ1) is 18.4. The van der Waals surface area contributed by atoms with Gasteiger partial charge in [-0.1, -0.05) is 0 Å². The van der Waals surface area contributed by atoms with Crippen molar-refractivity contribution < 1.29 is 19.0 Å². The maximum atomic E-state index is 12.5. The molecule has 2 aromatic carbocycles. The van der Waals surface area contributed by atoms with Crippen LogP contribution in [0.4, 0.5) is 11.4 Å². The second-order valence-electron chi connectivity index (χ2n) is 5.95. The number of anilines is 2. The normalized spacial score (nSPS) is 10.4. The molecule has 3 aromatic rings. The predicted molar refractivity (Wildman–Crippen MR) is 105 cm³/mol. The fourth-order valence-electron chi connectivity index (χ4n) is 2.85. The molecule has 0 saturated carbocycles. The van der Waals surface area contributed by atoms with E-state index in [0.29, 0.717) is 11.4 Å². The number of hydrogen-bond acceptors (Lipinski definition) is 5. The van der Waals surface area contributed by atoms with E-state index in [1.54, 1.807) is 14.2 Å². The molecule has 0 atom stereocenters. The Hall–Kier alpha value is -3.41. The summed E-state index contributed by atoms with van der Waals surface area (Å²) in [5.41, 5.74) is 3.72. The Kier molecular flexibility index (Phi) is 5.35. The van der Waals surface area contributed by atoms with Gasteiger partial charge in [0, 0.05) is 17.6 Å². The van der Waals surface area contributed by atoms with Crippen LogP contribution in [-0.2, 0) is 4.74 Å². The summed E-state index contributed by atoms with van der Waals surface area (Å²) in [6.45, 7) is 1.94. The maximum Gasteiger partial charge on any atom is 0.357 e. The molecule has 0 amide bonds. The number of aryl methyl sites for hydroxylation is 1. The highest BCUT2D eigenvalue weighted by atomic mass is 16.5. The molecule has 0 saturated heterocycles. The Morgan fingerprint density at radius 2 is 1.44 bits per heavy atom. The summed E-state index contributed by atoms with van der Waals surface area (Å²) in [5.74, 6) is 1.09. The van der Waals surface area contributed by atoms with Gasteiger partial charge < -0.3 is 24.1 Å². The third-order valence-electron chi connectivity index (χ3n) is 4.28. The second kappa shape index (κ2) is 7.86. The van der Waals surface area contributed by atoms with Gasteiger partial charge in [-0.05, 0) is 61.0 Å².